The van der Waals surface area contributed by atoms with Crippen LogP contribution in [0.2, 0.25) is 5.28 Å². The number of anilines is 1. The minimum atomic E-state index is -0.353. The number of rotatable bonds is 3. The largest absolute Gasteiger partial charge is 0.391 e. The van der Waals surface area contributed by atoms with E-state index in [0.717, 1.165) is 36.8 Å². The first-order valence-electron chi connectivity index (χ1n) is 7.09. The average Bonchev–Trinajstić information content (AvgIpc) is 2.88. The molecular weight excluding hydrogens is 290 g/mol. The molecule has 0 radical (unpaired) electrons. The fourth-order valence-electron chi connectivity index (χ4n) is 2.70. The lowest BCUT2D eigenvalue weighted by Gasteiger charge is -2.29. The molecule has 7 heteroatoms. The van der Waals surface area contributed by atoms with Gasteiger partial charge in [-0.05, 0) is 24.4 Å². The zero-order valence-corrected chi connectivity index (χ0v) is 12.6. The molecule has 2 heterocycles. The summed E-state index contributed by atoms with van der Waals surface area (Å²) in [6.07, 6.45) is 8.91. The first-order valence-corrected chi connectivity index (χ1v) is 7.47. The molecule has 3 rings (SSSR count). The summed E-state index contributed by atoms with van der Waals surface area (Å²) in [6.45, 7) is 0. The third-order valence-corrected chi connectivity index (χ3v) is 4.01. The van der Waals surface area contributed by atoms with Crippen LogP contribution >= 0.6 is 11.6 Å². The number of nitrogens with one attached hydrogen (secondary N) is 1. The van der Waals surface area contributed by atoms with Crippen LogP contribution in [0.1, 0.15) is 25.7 Å². The monoisotopic (exact) mass is 307 g/mol. The Hall–Kier alpha value is -1.66. The summed E-state index contributed by atoms with van der Waals surface area (Å²) < 4.78 is 1.73. The van der Waals surface area contributed by atoms with Crippen LogP contribution in [-0.4, -0.2) is 37.0 Å². The highest BCUT2D eigenvalue weighted by Gasteiger charge is 2.24. The predicted octanol–water partition coefficient (Wildman–Crippen LogP) is 2.25. The van der Waals surface area contributed by atoms with Crippen molar-refractivity contribution >= 4 is 17.4 Å². The highest BCUT2D eigenvalue weighted by Crippen LogP contribution is 2.29. The van der Waals surface area contributed by atoms with Gasteiger partial charge in [0, 0.05) is 30.6 Å². The molecule has 0 amide bonds. The van der Waals surface area contributed by atoms with E-state index in [0.29, 0.717) is 5.82 Å². The molecule has 6 nitrogen and oxygen atoms in total. The van der Waals surface area contributed by atoms with Gasteiger partial charge in [-0.15, -0.1) is 0 Å². The number of nitrogens with zero attached hydrogens (tertiary/aromatic N) is 4. The van der Waals surface area contributed by atoms with Crippen LogP contribution in [0.15, 0.2) is 18.6 Å². The quantitative estimate of drug-likeness (QED) is 0.851. The maximum atomic E-state index is 10.1. The maximum absolute atomic E-state index is 10.1. The number of halogens is 1. The lowest BCUT2D eigenvalue weighted by Crippen LogP contribution is -2.36. The molecule has 0 saturated heterocycles. The fraction of sp³-hybridized carbons (Fsp3) is 0.500. The molecule has 0 aliphatic heterocycles. The van der Waals surface area contributed by atoms with Crippen LogP contribution in [0.4, 0.5) is 5.82 Å². The van der Waals surface area contributed by atoms with Gasteiger partial charge >= 0.3 is 0 Å². The lowest BCUT2D eigenvalue weighted by atomic mass is 9.92. The standard InChI is InChI=1S/C14H18ClN5O/c1-20-8-9(6-17-20)10-7-16-14(15)19-13(10)18-11-4-2-3-5-12(11)21/h6-8,11-12,21H,2-5H2,1H3,(H,16,18,19)/t11-,12+/m0/s1. The van der Waals surface area contributed by atoms with Crippen LogP contribution in [-0.2, 0) is 7.05 Å². The van der Waals surface area contributed by atoms with Gasteiger partial charge in [-0.25, -0.2) is 9.97 Å². The lowest BCUT2D eigenvalue weighted by molar-refractivity contribution is 0.116. The highest BCUT2D eigenvalue weighted by atomic mass is 35.5. The van der Waals surface area contributed by atoms with Crippen molar-refractivity contribution in [3.63, 3.8) is 0 Å². The van der Waals surface area contributed by atoms with Gasteiger partial charge < -0.3 is 10.4 Å². The molecule has 112 valence electrons. The van der Waals surface area contributed by atoms with Gasteiger partial charge in [0.05, 0.1) is 18.3 Å². The van der Waals surface area contributed by atoms with Crippen LogP contribution in [0.5, 0.6) is 0 Å². The molecule has 1 aliphatic carbocycles. The molecule has 1 aliphatic rings. The van der Waals surface area contributed by atoms with Crippen LogP contribution in [0, 0.1) is 0 Å². The van der Waals surface area contributed by atoms with E-state index in [-0.39, 0.29) is 17.4 Å². The van der Waals surface area contributed by atoms with E-state index >= 15 is 0 Å². The molecule has 2 aromatic heterocycles. The molecular formula is C14H18ClN5O. The number of aromatic nitrogens is 4. The summed E-state index contributed by atoms with van der Waals surface area (Å²) >= 11 is 5.92. The molecule has 1 saturated carbocycles. The van der Waals surface area contributed by atoms with Gasteiger partial charge in [0.25, 0.3) is 0 Å². The van der Waals surface area contributed by atoms with Crippen LogP contribution in [0.3, 0.4) is 0 Å². The average molecular weight is 308 g/mol. The van der Waals surface area contributed by atoms with Crippen molar-refractivity contribution in [2.45, 2.75) is 37.8 Å². The predicted molar refractivity (Wildman–Crippen MR) is 81.1 cm³/mol. The summed E-state index contributed by atoms with van der Waals surface area (Å²) in [5.74, 6) is 0.647. The van der Waals surface area contributed by atoms with Crippen LogP contribution in [0.25, 0.3) is 11.1 Å². The topological polar surface area (TPSA) is 75.9 Å². The van der Waals surface area contributed by atoms with Gasteiger partial charge in [0.1, 0.15) is 5.82 Å². The molecule has 1 fully saturated rings. The zero-order valence-electron chi connectivity index (χ0n) is 11.8. The third kappa shape index (κ3) is 3.16. The first-order chi connectivity index (χ1) is 10.1. The van der Waals surface area contributed by atoms with E-state index in [1.165, 1.54) is 0 Å². The molecule has 0 spiro atoms. The highest BCUT2D eigenvalue weighted by molar-refractivity contribution is 6.28. The summed E-state index contributed by atoms with van der Waals surface area (Å²) in [6, 6.07) is 0.000128. The van der Waals surface area contributed by atoms with Crippen molar-refractivity contribution in [3.05, 3.63) is 23.9 Å². The first kappa shape index (κ1) is 14.3. The van der Waals surface area contributed by atoms with E-state index in [1.54, 1.807) is 17.1 Å². The Balaban J connectivity index is 1.91. The minimum absolute atomic E-state index is 0.000128. The zero-order chi connectivity index (χ0) is 14.8. The molecule has 2 aromatic rings. The summed E-state index contributed by atoms with van der Waals surface area (Å²) in [5, 5.41) is 17.8. The summed E-state index contributed by atoms with van der Waals surface area (Å²) in [7, 11) is 1.86. The summed E-state index contributed by atoms with van der Waals surface area (Å²) in [5.41, 5.74) is 1.76. The van der Waals surface area contributed by atoms with Gasteiger partial charge in [-0.1, -0.05) is 12.8 Å². The molecule has 2 N–H and O–H groups in total. The Morgan fingerprint density at radius 2 is 2.14 bits per heavy atom. The third-order valence-electron chi connectivity index (χ3n) is 3.83. The van der Waals surface area contributed by atoms with Gasteiger partial charge in [0.15, 0.2) is 0 Å². The normalized spacial score (nSPS) is 22.2. The van der Waals surface area contributed by atoms with E-state index in [1.807, 2.05) is 13.2 Å². The Morgan fingerprint density at radius 1 is 1.33 bits per heavy atom. The van der Waals surface area contributed by atoms with Crippen molar-refractivity contribution in [2.24, 2.45) is 7.05 Å². The summed E-state index contributed by atoms with van der Waals surface area (Å²) in [4.78, 5) is 8.33. The van der Waals surface area contributed by atoms with Crippen molar-refractivity contribution < 1.29 is 5.11 Å². The molecule has 0 aromatic carbocycles. The molecule has 0 bridgehead atoms. The molecule has 0 unspecified atom stereocenters. The van der Waals surface area contributed by atoms with E-state index in [4.69, 9.17) is 11.6 Å². The smallest absolute Gasteiger partial charge is 0.224 e. The van der Waals surface area contributed by atoms with E-state index in [9.17, 15) is 5.11 Å². The second-order valence-corrected chi connectivity index (χ2v) is 5.74. The number of aliphatic hydroxyl groups is 1. The van der Waals surface area contributed by atoms with E-state index in [2.05, 4.69) is 20.4 Å². The van der Waals surface area contributed by atoms with Crippen molar-refractivity contribution in [1.29, 1.82) is 0 Å². The van der Waals surface area contributed by atoms with Gasteiger partial charge in [-0.2, -0.15) is 5.10 Å². The second kappa shape index (κ2) is 5.99. The van der Waals surface area contributed by atoms with Gasteiger partial charge in [0.2, 0.25) is 5.28 Å². The molecule has 2 atom stereocenters. The van der Waals surface area contributed by atoms with Gasteiger partial charge in [-0.3, -0.25) is 4.68 Å². The Morgan fingerprint density at radius 3 is 2.86 bits per heavy atom. The number of aliphatic hydroxyl groups excluding tert-OH is 1. The Labute approximate surface area is 128 Å². The Kier molecular flexibility index (Phi) is 4.07. The number of hydrogen-bond donors (Lipinski definition) is 2. The maximum Gasteiger partial charge on any atom is 0.224 e. The van der Waals surface area contributed by atoms with Crippen LogP contribution < -0.4 is 5.32 Å². The van der Waals surface area contributed by atoms with Crippen molar-refractivity contribution in [3.8, 4) is 11.1 Å². The Bertz CT molecular complexity index is 630. The fourth-order valence-corrected chi connectivity index (χ4v) is 2.83. The molecule has 21 heavy (non-hydrogen) atoms. The second-order valence-electron chi connectivity index (χ2n) is 5.41. The van der Waals surface area contributed by atoms with Crippen molar-refractivity contribution in [1.82, 2.24) is 19.7 Å². The van der Waals surface area contributed by atoms with E-state index < -0.39 is 0 Å². The number of hydrogen-bond acceptors (Lipinski definition) is 5. The van der Waals surface area contributed by atoms with Crippen molar-refractivity contribution in [2.75, 3.05) is 5.32 Å². The minimum Gasteiger partial charge on any atom is -0.391 e. The number of aryl methyl sites for hydroxylation is 1. The SMILES string of the molecule is Cn1cc(-c2cnc(Cl)nc2N[C@H]2CCCC[C@H]2O)cn1.